The Hall–Kier alpha value is -3.21. The monoisotopic (exact) mass is 302 g/mol. The molecule has 23 heavy (non-hydrogen) atoms. The van der Waals surface area contributed by atoms with Gasteiger partial charge in [-0.05, 0) is 23.1 Å². The first kappa shape index (κ1) is 13.5. The van der Waals surface area contributed by atoms with E-state index in [1.807, 2.05) is 6.07 Å². The molecule has 0 unspecified atom stereocenters. The quantitative estimate of drug-likeness (QED) is 0.631. The molecule has 5 heteroatoms. The van der Waals surface area contributed by atoms with Gasteiger partial charge in [-0.2, -0.15) is 14.6 Å². The zero-order chi connectivity index (χ0) is 15.6. The number of hydrogen-bond donors (Lipinski definition) is 1. The van der Waals surface area contributed by atoms with Gasteiger partial charge in [0.1, 0.15) is 6.33 Å². The van der Waals surface area contributed by atoms with E-state index in [4.69, 9.17) is 0 Å². The van der Waals surface area contributed by atoms with Crippen LogP contribution in [0.1, 0.15) is 11.1 Å². The topological polar surface area (TPSA) is 63.3 Å². The summed E-state index contributed by atoms with van der Waals surface area (Å²) >= 11 is 0. The van der Waals surface area contributed by atoms with E-state index in [2.05, 4.69) is 63.6 Å². The second-order valence-corrected chi connectivity index (χ2v) is 5.33. The Morgan fingerprint density at radius 1 is 0.870 bits per heavy atom. The van der Waals surface area contributed by atoms with Crippen LogP contribution in [0.25, 0.3) is 16.8 Å². The third kappa shape index (κ3) is 2.53. The van der Waals surface area contributed by atoms with E-state index in [0.29, 0.717) is 5.65 Å². The Labute approximate surface area is 132 Å². The first-order valence-corrected chi connectivity index (χ1v) is 7.32. The molecule has 0 spiro atoms. The van der Waals surface area contributed by atoms with Crippen LogP contribution < -0.4 is 0 Å². The summed E-state index contributed by atoms with van der Waals surface area (Å²) in [6.07, 6.45) is 3.92. The highest BCUT2D eigenvalue weighted by Crippen LogP contribution is 2.25. The van der Waals surface area contributed by atoms with E-state index >= 15 is 0 Å². The molecule has 0 aliphatic rings. The van der Waals surface area contributed by atoms with Crippen molar-refractivity contribution in [2.24, 2.45) is 0 Å². The molecule has 0 bridgehead atoms. The van der Waals surface area contributed by atoms with Crippen molar-refractivity contribution in [2.75, 3.05) is 0 Å². The number of benzene rings is 2. The highest BCUT2D eigenvalue weighted by Gasteiger charge is 2.10. The Balaban J connectivity index is 1.66. The van der Waals surface area contributed by atoms with Crippen molar-refractivity contribution in [1.82, 2.24) is 19.6 Å². The third-order valence-electron chi connectivity index (χ3n) is 3.80. The maximum absolute atomic E-state index is 9.69. The zero-order valence-corrected chi connectivity index (χ0v) is 12.3. The van der Waals surface area contributed by atoms with Crippen LogP contribution in [-0.4, -0.2) is 24.7 Å². The van der Waals surface area contributed by atoms with Crippen molar-refractivity contribution in [3.05, 3.63) is 78.2 Å². The fraction of sp³-hybridized carbons (Fsp3) is 0.0556. The Kier molecular flexibility index (Phi) is 3.24. The average molecular weight is 302 g/mol. The Morgan fingerprint density at radius 2 is 1.61 bits per heavy atom. The van der Waals surface area contributed by atoms with E-state index in [9.17, 15) is 5.11 Å². The van der Waals surface area contributed by atoms with Crippen molar-refractivity contribution >= 4 is 5.65 Å². The smallest absolute Gasteiger partial charge is 0.318 e. The van der Waals surface area contributed by atoms with Gasteiger partial charge in [-0.15, -0.1) is 0 Å². The van der Waals surface area contributed by atoms with E-state index in [0.717, 1.165) is 17.5 Å². The predicted molar refractivity (Wildman–Crippen MR) is 87.1 cm³/mol. The van der Waals surface area contributed by atoms with Gasteiger partial charge in [0.15, 0.2) is 5.65 Å². The fourth-order valence-corrected chi connectivity index (χ4v) is 2.64. The molecule has 0 amide bonds. The second-order valence-electron chi connectivity index (χ2n) is 5.33. The number of aromatic hydroxyl groups is 1. The molecule has 2 heterocycles. The summed E-state index contributed by atoms with van der Waals surface area (Å²) in [4.78, 5) is 7.92. The lowest BCUT2D eigenvalue weighted by Crippen LogP contribution is -1.93. The molecule has 0 saturated heterocycles. The molecule has 1 N–H and O–H groups in total. The Bertz CT molecular complexity index is 946. The highest BCUT2D eigenvalue weighted by molar-refractivity contribution is 5.77. The molecular formula is C18H14N4O. The third-order valence-corrected chi connectivity index (χ3v) is 3.80. The number of rotatable bonds is 3. The molecule has 112 valence electrons. The van der Waals surface area contributed by atoms with Crippen LogP contribution in [-0.2, 0) is 6.42 Å². The molecule has 4 rings (SSSR count). The minimum absolute atomic E-state index is 0.165. The average Bonchev–Trinajstić information content (AvgIpc) is 3.02. The Morgan fingerprint density at radius 3 is 2.39 bits per heavy atom. The van der Waals surface area contributed by atoms with Gasteiger partial charge in [0.05, 0.1) is 6.20 Å². The molecule has 2 aromatic carbocycles. The summed E-state index contributed by atoms with van der Waals surface area (Å²) in [5.74, 6) is 0. The van der Waals surface area contributed by atoms with Crippen molar-refractivity contribution < 1.29 is 5.11 Å². The summed E-state index contributed by atoms with van der Waals surface area (Å²) < 4.78 is 1.33. The van der Waals surface area contributed by atoms with Crippen LogP contribution in [0.5, 0.6) is 6.01 Å². The van der Waals surface area contributed by atoms with Crippen molar-refractivity contribution in [2.45, 2.75) is 6.42 Å². The lowest BCUT2D eigenvalue weighted by Gasteiger charge is -2.04. The molecule has 2 aromatic heterocycles. The summed E-state index contributed by atoms with van der Waals surface area (Å²) in [5.41, 5.74) is 5.00. The van der Waals surface area contributed by atoms with Crippen LogP contribution in [0, 0.1) is 0 Å². The molecule has 0 aliphatic carbocycles. The molecule has 0 fully saturated rings. The van der Waals surface area contributed by atoms with Crippen LogP contribution in [0.3, 0.4) is 0 Å². The number of hydrogen-bond acceptors (Lipinski definition) is 4. The second kappa shape index (κ2) is 5.53. The largest absolute Gasteiger partial charge is 0.479 e. The molecule has 5 nitrogen and oxygen atoms in total. The summed E-state index contributed by atoms with van der Waals surface area (Å²) in [5, 5.41) is 13.8. The van der Waals surface area contributed by atoms with Gasteiger partial charge in [-0.25, -0.2) is 4.98 Å². The predicted octanol–water partition coefficient (Wildman–Crippen LogP) is 3.09. The maximum atomic E-state index is 9.69. The maximum Gasteiger partial charge on any atom is 0.318 e. The van der Waals surface area contributed by atoms with Crippen LogP contribution in [0.4, 0.5) is 0 Å². The van der Waals surface area contributed by atoms with Crippen LogP contribution in [0.15, 0.2) is 67.1 Å². The molecular weight excluding hydrogens is 288 g/mol. The van der Waals surface area contributed by atoms with E-state index in [1.165, 1.54) is 22.0 Å². The van der Waals surface area contributed by atoms with Crippen molar-refractivity contribution in [3.63, 3.8) is 0 Å². The number of aromatic nitrogens is 4. The molecule has 4 aromatic rings. The van der Waals surface area contributed by atoms with E-state index in [-0.39, 0.29) is 6.01 Å². The van der Waals surface area contributed by atoms with Gasteiger partial charge in [0.2, 0.25) is 0 Å². The van der Waals surface area contributed by atoms with Crippen LogP contribution in [0.2, 0.25) is 0 Å². The minimum Gasteiger partial charge on any atom is -0.479 e. The summed E-state index contributed by atoms with van der Waals surface area (Å²) in [6.45, 7) is 0. The van der Waals surface area contributed by atoms with E-state index in [1.54, 1.807) is 6.20 Å². The van der Waals surface area contributed by atoms with Gasteiger partial charge in [0, 0.05) is 5.56 Å². The van der Waals surface area contributed by atoms with Crippen LogP contribution >= 0.6 is 0 Å². The first-order chi connectivity index (χ1) is 11.3. The lowest BCUT2D eigenvalue weighted by molar-refractivity contribution is 0.411. The number of fused-ring (bicyclic) bond motifs is 1. The standard InChI is InChI=1S/C18H14N4O/c23-18-20-12-19-17-16(11-21-22(17)18)15-8-6-14(7-9-15)10-13-4-2-1-3-5-13/h1-9,11-12H,10H2,(H,19,20,23). The minimum atomic E-state index is -0.165. The normalized spacial score (nSPS) is 11.0. The number of nitrogens with zero attached hydrogens (tertiary/aromatic N) is 4. The molecule has 0 aliphatic heterocycles. The first-order valence-electron chi connectivity index (χ1n) is 7.32. The highest BCUT2D eigenvalue weighted by atomic mass is 16.3. The molecule has 0 atom stereocenters. The summed E-state index contributed by atoms with van der Waals surface area (Å²) in [7, 11) is 0. The fourth-order valence-electron chi connectivity index (χ4n) is 2.64. The van der Waals surface area contributed by atoms with Gasteiger partial charge in [0.25, 0.3) is 0 Å². The van der Waals surface area contributed by atoms with Gasteiger partial charge < -0.3 is 5.11 Å². The summed E-state index contributed by atoms with van der Waals surface area (Å²) in [6, 6.07) is 18.5. The molecule has 0 radical (unpaired) electrons. The zero-order valence-electron chi connectivity index (χ0n) is 12.3. The lowest BCUT2D eigenvalue weighted by atomic mass is 10.0. The van der Waals surface area contributed by atoms with Gasteiger partial charge in [-0.3, -0.25) is 0 Å². The van der Waals surface area contributed by atoms with Gasteiger partial charge in [-0.1, -0.05) is 54.6 Å². The van der Waals surface area contributed by atoms with Crippen molar-refractivity contribution in [3.8, 4) is 17.1 Å². The van der Waals surface area contributed by atoms with E-state index < -0.39 is 0 Å². The van der Waals surface area contributed by atoms with Crippen molar-refractivity contribution in [1.29, 1.82) is 0 Å². The van der Waals surface area contributed by atoms with Gasteiger partial charge >= 0.3 is 6.01 Å². The molecule has 0 saturated carbocycles. The SMILES string of the molecule is Oc1ncnc2c(-c3ccc(Cc4ccccc4)cc3)cnn12.